The van der Waals surface area contributed by atoms with Crippen molar-refractivity contribution < 1.29 is 18.9 Å². The molecule has 0 aliphatic carbocycles. The molecular weight excluding hydrogens is 523 g/mol. The van der Waals surface area contributed by atoms with Crippen LogP contribution in [0.3, 0.4) is 0 Å². The van der Waals surface area contributed by atoms with E-state index in [9.17, 15) is 24.1 Å². The number of aryl methyl sites for hydroxylation is 1. The number of primary amides is 1. The smallest absolute Gasteiger partial charge is 0.269 e. The Labute approximate surface area is 236 Å². The quantitative estimate of drug-likeness (QED) is 0.207. The first-order valence-corrected chi connectivity index (χ1v) is 13.3. The van der Waals surface area contributed by atoms with E-state index >= 15 is 0 Å². The fourth-order valence-electron chi connectivity index (χ4n) is 5.25. The molecule has 0 fully saturated rings. The number of amides is 2. The predicted octanol–water partition coefficient (Wildman–Crippen LogP) is 5.94. The Hall–Kier alpha value is -5.05. The maximum absolute atomic E-state index is 15.0. The number of non-ortho nitro benzene ring substituents is 1. The number of carbonyl (C=O) groups excluding carboxylic acids is 2. The second-order valence-corrected chi connectivity index (χ2v) is 10.1. The number of carbonyl (C=O) groups is 2. The molecule has 1 unspecified atom stereocenters. The van der Waals surface area contributed by atoms with Gasteiger partial charge in [-0.2, -0.15) is 0 Å². The molecule has 1 heterocycles. The number of halogens is 1. The molecule has 9 heteroatoms. The van der Waals surface area contributed by atoms with E-state index in [4.69, 9.17) is 5.73 Å². The van der Waals surface area contributed by atoms with Crippen LogP contribution >= 0.6 is 0 Å². The Morgan fingerprint density at radius 2 is 1.80 bits per heavy atom. The summed E-state index contributed by atoms with van der Waals surface area (Å²) in [5, 5.41) is 13.9. The lowest BCUT2D eigenvalue weighted by Crippen LogP contribution is -2.30. The van der Waals surface area contributed by atoms with Crippen molar-refractivity contribution in [1.29, 1.82) is 0 Å². The molecule has 0 spiro atoms. The van der Waals surface area contributed by atoms with Crippen LogP contribution in [0, 0.1) is 15.9 Å². The normalized spacial score (nSPS) is 13.3. The number of fused-ring (bicyclic) bond motifs is 1. The summed E-state index contributed by atoms with van der Waals surface area (Å²) in [7, 11) is 0. The predicted molar refractivity (Wildman–Crippen MR) is 155 cm³/mol. The van der Waals surface area contributed by atoms with Crippen LogP contribution in [0.2, 0.25) is 0 Å². The third kappa shape index (κ3) is 5.94. The van der Waals surface area contributed by atoms with Crippen LogP contribution in [0.4, 0.5) is 15.8 Å². The summed E-state index contributed by atoms with van der Waals surface area (Å²) in [6.07, 6.45) is 1.64. The molecule has 1 aliphatic rings. The average molecular weight is 553 g/mol. The Kier molecular flexibility index (Phi) is 7.78. The van der Waals surface area contributed by atoms with E-state index < -0.39 is 10.8 Å². The number of hydrogen-bond donors (Lipinski definition) is 2. The van der Waals surface area contributed by atoms with Crippen molar-refractivity contribution in [3.05, 3.63) is 129 Å². The van der Waals surface area contributed by atoms with Gasteiger partial charge in [0.25, 0.3) is 11.6 Å². The molecule has 5 rings (SSSR count). The number of nitrogens with one attached hydrogen (secondary N) is 1. The van der Waals surface area contributed by atoms with Crippen LogP contribution in [0.1, 0.15) is 56.8 Å². The van der Waals surface area contributed by atoms with Gasteiger partial charge in [0.1, 0.15) is 5.82 Å². The van der Waals surface area contributed by atoms with Crippen molar-refractivity contribution in [2.24, 2.45) is 5.73 Å². The summed E-state index contributed by atoms with van der Waals surface area (Å²) in [6, 6.07) is 23.1. The Bertz CT molecular complexity index is 1640. The molecule has 2 amide bonds. The van der Waals surface area contributed by atoms with Crippen molar-refractivity contribution in [3.8, 4) is 11.1 Å². The molecule has 1 atom stereocenters. The number of hydrogen-bond acceptors (Lipinski definition) is 5. The molecule has 208 valence electrons. The molecule has 0 aromatic heterocycles. The first kappa shape index (κ1) is 27.5. The maximum atomic E-state index is 15.0. The van der Waals surface area contributed by atoms with Gasteiger partial charge in [-0.15, -0.1) is 0 Å². The zero-order valence-electron chi connectivity index (χ0n) is 22.5. The van der Waals surface area contributed by atoms with Crippen LogP contribution in [0.15, 0.2) is 84.9 Å². The van der Waals surface area contributed by atoms with E-state index in [2.05, 4.69) is 10.2 Å². The van der Waals surface area contributed by atoms with Gasteiger partial charge < -0.3 is 16.0 Å². The number of anilines is 1. The Balaban J connectivity index is 1.34. The summed E-state index contributed by atoms with van der Waals surface area (Å²) in [5.41, 5.74) is 11.0. The lowest BCUT2D eigenvalue weighted by Gasteiger charge is -2.32. The highest BCUT2D eigenvalue weighted by molar-refractivity contribution is 6.00. The van der Waals surface area contributed by atoms with Gasteiger partial charge in [0.2, 0.25) is 5.91 Å². The number of nitrogens with two attached hydrogens (primary N) is 1. The largest absolute Gasteiger partial charge is 0.367 e. The highest BCUT2D eigenvalue weighted by Crippen LogP contribution is 2.32. The SMILES string of the molecule is CC(NC(=O)c1ccc2c(c1)CCCN2Cc1cc(-c2ccccc2C(N)=O)ccc1F)c1ccc([N+](=O)[O-])cc1. The van der Waals surface area contributed by atoms with Gasteiger partial charge in [-0.3, -0.25) is 19.7 Å². The fourth-order valence-corrected chi connectivity index (χ4v) is 5.25. The van der Waals surface area contributed by atoms with E-state index in [0.717, 1.165) is 36.2 Å². The van der Waals surface area contributed by atoms with Gasteiger partial charge in [-0.05, 0) is 78.4 Å². The van der Waals surface area contributed by atoms with Gasteiger partial charge in [0.15, 0.2) is 0 Å². The fraction of sp³-hybridized carbons (Fsp3) is 0.188. The molecule has 0 saturated carbocycles. The molecule has 8 nitrogen and oxygen atoms in total. The minimum Gasteiger partial charge on any atom is -0.367 e. The molecule has 4 aromatic carbocycles. The number of nitro groups is 1. The third-order valence-corrected chi connectivity index (χ3v) is 7.42. The van der Waals surface area contributed by atoms with Crippen molar-refractivity contribution in [3.63, 3.8) is 0 Å². The monoisotopic (exact) mass is 552 g/mol. The molecule has 41 heavy (non-hydrogen) atoms. The number of nitro benzene ring substituents is 1. The van der Waals surface area contributed by atoms with E-state index in [1.807, 2.05) is 25.1 Å². The first-order valence-electron chi connectivity index (χ1n) is 13.3. The lowest BCUT2D eigenvalue weighted by molar-refractivity contribution is -0.384. The molecule has 1 aliphatic heterocycles. The van der Waals surface area contributed by atoms with Gasteiger partial charge in [0, 0.05) is 47.6 Å². The zero-order valence-corrected chi connectivity index (χ0v) is 22.5. The topological polar surface area (TPSA) is 119 Å². The van der Waals surface area contributed by atoms with Crippen molar-refractivity contribution in [1.82, 2.24) is 5.32 Å². The second-order valence-electron chi connectivity index (χ2n) is 10.1. The van der Waals surface area contributed by atoms with Crippen LogP contribution in [-0.2, 0) is 13.0 Å². The Morgan fingerprint density at radius 1 is 1.05 bits per heavy atom. The summed E-state index contributed by atoms with van der Waals surface area (Å²) >= 11 is 0. The highest BCUT2D eigenvalue weighted by Gasteiger charge is 2.21. The summed E-state index contributed by atoms with van der Waals surface area (Å²) < 4.78 is 15.0. The maximum Gasteiger partial charge on any atom is 0.269 e. The summed E-state index contributed by atoms with van der Waals surface area (Å²) in [5.74, 6) is -1.13. The molecule has 0 radical (unpaired) electrons. The van der Waals surface area contributed by atoms with Gasteiger partial charge in [-0.25, -0.2) is 4.39 Å². The Morgan fingerprint density at radius 3 is 2.54 bits per heavy atom. The van der Waals surface area contributed by atoms with Gasteiger partial charge in [-0.1, -0.05) is 36.4 Å². The van der Waals surface area contributed by atoms with E-state index in [1.165, 1.54) is 18.2 Å². The molecule has 3 N–H and O–H groups in total. The summed E-state index contributed by atoms with van der Waals surface area (Å²) in [6.45, 7) is 2.88. The minimum absolute atomic E-state index is 0.00592. The van der Waals surface area contributed by atoms with Crippen LogP contribution in [0.5, 0.6) is 0 Å². The van der Waals surface area contributed by atoms with Crippen molar-refractivity contribution in [2.75, 3.05) is 11.4 Å². The summed E-state index contributed by atoms with van der Waals surface area (Å²) in [4.78, 5) is 37.5. The van der Waals surface area contributed by atoms with Crippen LogP contribution < -0.4 is 16.0 Å². The first-order chi connectivity index (χ1) is 19.7. The standard InChI is InChI=1S/C32H29FN4O4/c1-20(21-8-12-26(13-9-21)37(40)41)35-32(39)24-11-15-30-23(18-24)5-4-16-36(30)19-25-17-22(10-14-29(25)33)27-6-2-3-7-28(27)31(34)38/h2-3,6-15,17-18,20H,4-5,16,19H2,1H3,(H2,34,38)(H,35,39). The number of benzene rings is 4. The van der Waals surface area contributed by atoms with Gasteiger partial charge in [0.05, 0.1) is 11.0 Å². The average Bonchev–Trinajstić information content (AvgIpc) is 2.98. The van der Waals surface area contributed by atoms with E-state index in [0.29, 0.717) is 34.4 Å². The third-order valence-electron chi connectivity index (χ3n) is 7.42. The zero-order chi connectivity index (χ0) is 29.1. The number of rotatable bonds is 8. The minimum atomic E-state index is -0.543. The molecule has 4 aromatic rings. The number of nitrogens with zero attached hydrogens (tertiary/aromatic N) is 2. The molecule has 0 bridgehead atoms. The van der Waals surface area contributed by atoms with Crippen LogP contribution in [0.25, 0.3) is 11.1 Å². The highest BCUT2D eigenvalue weighted by atomic mass is 19.1. The lowest BCUT2D eigenvalue weighted by atomic mass is 9.96. The molecule has 0 saturated heterocycles. The van der Waals surface area contributed by atoms with Crippen LogP contribution in [-0.4, -0.2) is 23.3 Å². The van der Waals surface area contributed by atoms with Gasteiger partial charge >= 0.3 is 0 Å². The van der Waals surface area contributed by atoms with E-state index in [-0.39, 0.29) is 23.5 Å². The molecular formula is C32H29FN4O4. The van der Waals surface area contributed by atoms with E-state index in [1.54, 1.807) is 48.5 Å². The van der Waals surface area contributed by atoms with Crippen molar-refractivity contribution >= 4 is 23.2 Å². The second kappa shape index (κ2) is 11.6. The van der Waals surface area contributed by atoms with Crippen molar-refractivity contribution in [2.45, 2.75) is 32.4 Å².